The van der Waals surface area contributed by atoms with Crippen LogP contribution in [0.15, 0.2) is 0 Å². The van der Waals surface area contributed by atoms with Crippen LogP contribution in [0.5, 0.6) is 0 Å². The first kappa shape index (κ1) is 11.5. The maximum Gasteiger partial charge on any atom is 0.224 e. The molecular weight excluding hydrogens is 180 g/mol. The molecule has 1 unspecified atom stereocenters. The Bertz CT molecular complexity index is 197. The lowest BCUT2D eigenvalue weighted by atomic mass is 10.1. The lowest BCUT2D eigenvalue weighted by Gasteiger charge is -2.30. The number of nitrogens with zero attached hydrogens (tertiary/aromatic N) is 1. The van der Waals surface area contributed by atoms with E-state index in [0.717, 1.165) is 25.8 Å². The number of carbonyl (C=O) groups excluding carboxylic acids is 1. The first-order valence-corrected chi connectivity index (χ1v) is 5.35. The van der Waals surface area contributed by atoms with Crippen LogP contribution in [0.25, 0.3) is 0 Å². The molecule has 0 saturated carbocycles. The third kappa shape index (κ3) is 3.27. The van der Waals surface area contributed by atoms with Crippen molar-refractivity contribution >= 4 is 5.91 Å². The highest BCUT2D eigenvalue weighted by atomic mass is 16.3. The predicted octanol–water partition coefficient (Wildman–Crippen LogP) is 0.0971. The van der Waals surface area contributed by atoms with E-state index in [9.17, 15) is 9.90 Å². The van der Waals surface area contributed by atoms with Gasteiger partial charge in [-0.1, -0.05) is 6.92 Å². The van der Waals surface area contributed by atoms with E-state index < -0.39 is 0 Å². The molecule has 0 aromatic heterocycles. The molecule has 0 radical (unpaired) electrons. The number of β-amino-alcohol motifs (C(OH)–C–C–N with tert-alkyl or cyclic N) is 1. The summed E-state index contributed by atoms with van der Waals surface area (Å²) in [6.45, 7) is 3.23. The Morgan fingerprint density at radius 3 is 3.00 bits per heavy atom. The highest BCUT2D eigenvalue weighted by molar-refractivity contribution is 5.76. The molecule has 0 spiro atoms. The largest absolute Gasteiger partial charge is 0.391 e. The molecule has 82 valence electrons. The van der Waals surface area contributed by atoms with Gasteiger partial charge in [-0.25, -0.2) is 0 Å². The summed E-state index contributed by atoms with van der Waals surface area (Å²) in [5, 5.41) is 9.39. The minimum Gasteiger partial charge on any atom is -0.391 e. The molecule has 0 bridgehead atoms. The zero-order chi connectivity index (χ0) is 10.6. The average molecular weight is 200 g/mol. The van der Waals surface area contributed by atoms with Crippen LogP contribution in [-0.4, -0.2) is 41.1 Å². The van der Waals surface area contributed by atoms with Crippen LogP contribution >= 0.6 is 0 Å². The number of aliphatic hydroxyl groups excluding tert-OH is 1. The summed E-state index contributed by atoms with van der Waals surface area (Å²) in [4.78, 5) is 13.4. The number of aliphatic hydroxyl groups is 1. The monoisotopic (exact) mass is 200 g/mol. The zero-order valence-corrected chi connectivity index (χ0v) is 8.78. The minimum absolute atomic E-state index is 0.0402. The van der Waals surface area contributed by atoms with E-state index in [1.807, 2.05) is 6.92 Å². The molecule has 1 aliphatic heterocycles. The van der Waals surface area contributed by atoms with Crippen molar-refractivity contribution in [3.63, 3.8) is 0 Å². The van der Waals surface area contributed by atoms with Crippen LogP contribution in [0.4, 0.5) is 0 Å². The maximum atomic E-state index is 11.6. The van der Waals surface area contributed by atoms with Crippen molar-refractivity contribution in [2.45, 2.75) is 44.8 Å². The minimum atomic E-state index is -0.342. The first-order chi connectivity index (χ1) is 6.63. The van der Waals surface area contributed by atoms with E-state index in [2.05, 4.69) is 0 Å². The van der Waals surface area contributed by atoms with Gasteiger partial charge in [-0.05, 0) is 19.3 Å². The second-order valence-electron chi connectivity index (χ2n) is 4.01. The summed E-state index contributed by atoms with van der Waals surface area (Å²) in [5.74, 6) is 0.0816. The van der Waals surface area contributed by atoms with Crippen LogP contribution in [0.2, 0.25) is 0 Å². The molecule has 1 saturated heterocycles. The fraction of sp³-hybridized carbons (Fsp3) is 0.900. The van der Waals surface area contributed by atoms with Gasteiger partial charge in [-0.15, -0.1) is 0 Å². The number of nitrogens with two attached hydrogens (primary N) is 1. The van der Waals surface area contributed by atoms with Gasteiger partial charge in [0.1, 0.15) is 0 Å². The molecule has 1 fully saturated rings. The van der Waals surface area contributed by atoms with Gasteiger partial charge in [0.05, 0.1) is 6.10 Å². The molecule has 4 heteroatoms. The molecular formula is C10H20N2O2. The van der Waals surface area contributed by atoms with E-state index in [0.29, 0.717) is 13.0 Å². The summed E-state index contributed by atoms with van der Waals surface area (Å²) < 4.78 is 0. The van der Waals surface area contributed by atoms with Gasteiger partial charge < -0.3 is 15.7 Å². The van der Waals surface area contributed by atoms with Crippen molar-refractivity contribution in [3.8, 4) is 0 Å². The fourth-order valence-electron chi connectivity index (χ4n) is 1.68. The molecule has 1 aliphatic rings. The standard InChI is InChI=1S/C10H20N2O2/c1-2-8(11)6-10(14)12-5-3-4-9(13)7-12/h8-9,13H,2-7,11H2,1H3/t8?,9-/m0/s1. The molecule has 0 aromatic rings. The maximum absolute atomic E-state index is 11.6. The molecule has 1 rings (SSSR count). The molecule has 0 aliphatic carbocycles. The summed E-state index contributed by atoms with van der Waals surface area (Å²) in [7, 11) is 0. The van der Waals surface area contributed by atoms with Gasteiger partial charge in [-0.2, -0.15) is 0 Å². The Kier molecular flexibility index (Phi) is 4.35. The zero-order valence-electron chi connectivity index (χ0n) is 8.78. The number of piperidine rings is 1. The Morgan fingerprint density at radius 2 is 2.43 bits per heavy atom. The normalized spacial score (nSPS) is 24.8. The van der Waals surface area contributed by atoms with Crippen LogP contribution < -0.4 is 5.73 Å². The van der Waals surface area contributed by atoms with E-state index >= 15 is 0 Å². The SMILES string of the molecule is CCC(N)CC(=O)N1CCC[C@H](O)C1. The van der Waals surface area contributed by atoms with E-state index in [1.54, 1.807) is 4.90 Å². The van der Waals surface area contributed by atoms with Crippen LogP contribution in [0.3, 0.4) is 0 Å². The van der Waals surface area contributed by atoms with Crippen molar-refractivity contribution in [2.24, 2.45) is 5.73 Å². The number of hydrogen-bond acceptors (Lipinski definition) is 3. The number of rotatable bonds is 3. The summed E-state index contributed by atoms with van der Waals surface area (Å²) in [6.07, 6.45) is 2.59. The summed E-state index contributed by atoms with van der Waals surface area (Å²) >= 11 is 0. The van der Waals surface area contributed by atoms with E-state index in [-0.39, 0.29) is 18.1 Å². The van der Waals surface area contributed by atoms with Crippen LogP contribution in [0.1, 0.15) is 32.6 Å². The van der Waals surface area contributed by atoms with Crippen molar-refractivity contribution in [2.75, 3.05) is 13.1 Å². The van der Waals surface area contributed by atoms with E-state index in [4.69, 9.17) is 5.73 Å². The van der Waals surface area contributed by atoms with Crippen LogP contribution in [0, 0.1) is 0 Å². The van der Waals surface area contributed by atoms with Crippen molar-refractivity contribution in [1.29, 1.82) is 0 Å². The molecule has 0 aromatic carbocycles. The molecule has 4 nitrogen and oxygen atoms in total. The summed E-state index contributed by atoms with van der Waals surface area (Å²) in [6, 6.07) is -0.0402. The van der Waals surface area contributed by atoms with Crippen molar-refractivity contribution < 1.29 is 9.90 Å². The smallest absolute Gasteiger partial charge is 0.224 e. The quantitative estimate of drug-likeness (QED) is 0.679. The number of hydrogen-bond donors (Lipinski definition) is 2. The topological polar surface area (TPSA) is 66.6 Å². The fourth-order valence-corrected chi connectivity index (χ4v) is 1.68. The molecule has 2 atom stereocenters. The Hall–Kier alpha value is -0.610. The van der Waals surface area contributed by atoms with Gasteiger partial charge in [0.25, 0.3) is 0 Å². The van der Waals surface area contributed by atoms with Crippen molar-refractivity contribution in [3.05, 3.63) is 0 Å². The molecule has 1 amide bonds. The third-order valence-electron chi connectivity index (χ3n) is 2.71. The van der Waals surface area contributed by atoms with Gasteiger partial charge in [-0.3, -0.25) is 4.79 Å². The van der Waals surface area contributed by atoms with Gasteiger partial charge >= 0.3 is 0 Å². The van der Waals surface area contributed by atoms with E-state index in [1.165, 1.54) is 0 Å². The lowest BCUT2D eigenvalue weighted by Crippen LogP contribution is -2.43. The number of carbonyl (C=O) groups is 1. The highest BCUT2D eigenvalue weighted by Gasteiger charge is 2.22. The second kappa shape index (κ2) is 5.32. The highest BCUT2D eigenvalue weighted by Crippen LogP contribution is 2.11. The lowest BCUT2D eigenvalue weighted by molar-refractivity contribution is -0.134. The first-order valence-electron chi connectivity index (χ1n) is 5.35. The van der Waals surface area contributed by atoms with Crippen LogP contribution in [-0.2, 0) is 4.79 Å². The molecule has 1 heterocycles. The molecule has 3 N–H and O–H groups in total. The van der Waals surface area contributed by atoms with Gasteiger partial charge in [0, 0.05) is 25.6 Å². The summed E-state index contributed by atoms with van der Waals surface area (Å²) in [5.41, 5.74) is 5.71. The Morgan fingerprint density at radius 1 is 1.71 bits per heavy atom. The van der Waals surface area contributed by atoms with Gasteiger partial charge in [0.15, 0.2) is 0 Å². The Labute approximate surface area is 85.1 Å². The number of amides is 1. The van der Waals surface area contributed by atoms with Gasteiger partial charge in [0.2, 0.25) is 5.91 Å². The number of likely N-dealkylation sites (tertiary alicyclic amines) is 1. The average Bonchev–Trinajstić information content (AvgIpc) is 2.17. The second-order valence-corrected chi connectivity index (χ2v) is 4.01. The third-order valence-corrected chi connectivity index (χ3v) is 2.71. The molecule has 14 heavy (non-hydrogen) atoms. The predicted molar refractivity (Wildman–Crippen MR) is 54.7 cm³/mol. The Balaban J connectivity index is 2.36. The van der Waals surface area contributed by atoms with Crippen molar-refractivity contribution in [1.82, 2.24) is 4.90 Å².